The number of aromatic amines is 1. The van der Waals surface area contributed by atoms with Gasteiger partial charge in [0.1, 0.15) is 5.69 Å². The molecule has 0 aliphatic rings. The molecule has 0 aliphatic heterocycles. The molecule has 1 rings (SSSR count). The van der Waals surface area contributed by atoms with Crippen LogP contribution in [0.5, 0.6) is 0 Å². The van der Waals surface area contributed by atoms with Gasteiger partial charge in [-0.2, -0.15) is 5.10 Å². The second-order valence-electron chi connectivity index (χ2n) is 3.41. The number of carbonyl (C=O) groups excluding carboxylic acids is 1. The average molecular weight is 274 g/mol. The maximum Gasteiger partial charge on any atom is 0.270 e. The number of hydrogen-bond acceptors (Lipinski definition) is 2. The Labute approximate surface area is 98.0 Å². The van der Waals surface area contributed by atoms with Gasteiger partial charge in [0.2, 0.25) is 0 Å². The van der Waals surface area contributed by atoms with E-state index in [0.717, 1.165) is 13.0 Å². The van der Waals surface area contributed by atoms with E-state index in [1.165, 1.54) is 19.3 Å². The topological polar surface area (TPSA) is 57.8 Å². The SMILES string of the molecule is CCCCCCNC(=O)c1[nH]ncc1Br. The van der Waals surface area contributed by atoms with E-state index >= 15 is 0 Å². The van der Waals surface area contributed by atoms with Gasteiger partial charge in [-0.05, 0) is 22.4 Å². The number of nitrogens with one attached hydrogen (secondary N) is 2. The highest BCUT2D eigenvalue weighted by Crippen LogP contribution is 2.11. The van der Waals surface area contributed by atoms with Crippen molar-refractivity contribution in [2.45, 2.75) is 32.6 Å². The van der Waals surface area contributed by atoms with Gasteiger partial charge in [-0.1, -0.05) is 26.2 Å². The third-order valence-electron chi connectivity index (χ3n) is 2.14. The average Bonchev–Trinajstić information content (AvgIpc) is 2.64. The van der Waals surface area contributed by atoms with E-state index in [9.17, 15) is 4.79 Å². The van der Waals surface area contributed by atoms with Crippen molar-refractivity contribution in [1.82, 2.24) is 15.5 Å². The van der Waals surface area contributed by atoms with Crippen molar-refractivity contribution < 1.29 is 4.79 Å². The van der Waals surface area contributed by atoms with Crippen molar-refractivity contribution in [2.24, 2.45) is 0 Å². The van der Waals surface area contributed by atoms with Crippen molar-refractivity contribution in [3.8, 4) is 0 Å². The molecule has 1 aromatic rings. The van der Waals surface area contributed by atoms with Crippen molar-refractivity contribution in [3.63, 3.8) is 0 Å². The lowest BCUT2D eigenvalue weighted by atomic mass is 10.2. The fourth-order valence-corrected chi connectivity index (χ4v) is 1.64. The van der Waals surface area contributed by atoms with Crippen LogP contribution in [0.2, 0.25) is 0 Å². The summed E-state index contributed by atoms with van der Waals surface area (Å²) >= 11 is 3.25. The summed E-state index contributed by atoms with van der Waals surface area (Å²) in [6.45, 7) is 2.89. The third kappa shape index (κ3) is 4.03. The normalized spacial score (nSPS) is 10.3. The van der Waals surface area contributed by atoms with Crippen LogP contribution in [0.1, 0.15) is 43.1 Å². The number of halogens is 1. The van der Waals surface area contributed by atoms with Gasteiger partial charge in [0.25, 0.3) is 5.91 Å². The van der Waals surface area contributed by atoms with Crippen LogP contribution in [0.3, 0.4) is 0 Å². The van der Waals surface area contributed by atoms with Gasteiger partial charge in [0.05, 0.1) is 10.7 Å². The van der Waals surface area contributed by atoms with Gasteiger partial charge in [-0.15, -0.1) is 0 Å². The maximum absolute atomic E-state index is 11.5. The first-order chi connectivity index (χ1) is 7.25. The van der Waals surface area contributed by atoms with E-state index in [2.05, 4.69) is 38.4 Å². The number of amides is 1. The van der Waals surface area contributed by atoms with Gasteiger partial charge < -0.3 is 5.32 Å². The molecule has 1 aromatic heterocycles. The van der Waals surface area contributed by atoms with E-state index in [0.29, 0.717) is 10.2 Å². The fraction of sp³-hybridized carbons (Fsp3) is 0.600. The fourth-order valence-electron chi connectivity index (χ4n) is 1.27. The predicted molar refractivity (Wildman–Crippen MR) is 62.8 cm³/mol. The summed E-state index contributed by atoms with van der Waals surface area (Å²) in [6, 6.07) is 0. The summed E-state index contributed by atoms with van der Waals surface area (Å²) in [7, 11) is 0. The van der Waals surface area contributed by atoms with Gasteiger partial charge in [-0.3, -0.25) is 9.89 Å². The molecular formula is C10H16BrN3O. The number of rotatable bonds is 6. The second-order valence-corrected chi connectivity index (χ2v) is 4.26. The summed E-state index contributed by atoms with van der Waals surface area (Å²) in [5.41, 5.74) is 0.491. The minimum atomic E-state index is -0.101. The van der Waals surface area contributed by atoms with Crippen LogP contribution in [-0.2, 0) is 0 Å². The first kappa shape index (κ1) is 12.2. The van der Waals surface area contributed by atoms with Crippen molar-refractivity contribution in [2.75, 3.05) is 6.54 Å². The first-order valence-electron chi connectivity index (χ1n) is 5.22. The highest BCUT2D eigenvalue weighted by Gasteiger charge is 2.10. The number of aromatic nitrogens is 2. The molecule has 84 valence electrons. The standard InChI is InChI=1S/C10H16BrN3O/c1-2-3-4-5-6-12-10(15)9-8(11)7-13-14-9/h7H,2-6H2,1H3,(H,12,15)(H,13,14). The molecule has 4 nitrogen and oxygen atoms in total. The highest BCUT2D eigenvalue weighted by molar-refractivity contribution is 9.10. The number of H-pyrrole nitrogens is 1. The van der Waals surface area contributed by atoms with E-state index in [4.69, 9.17) is 0 Å². The molecule has 0 bridgehead atoms. The molecule has 5 heteroatoms. The Bertz CT molecular complexity index is 311. The first-order valence-corrected chi connectivity index (χ1v) is 6.02. The lowest BCUT2D eigenvalue weighted by molar-refractivity contribution is 0.0947. The van der Waals surface area contributed by atoms with Crippen LogP contribution >= 0.6 is 15.9 Å². The van der Waals surface area contributed by atoms with Gasteiger partial charge in [0, 0.05) is 6.54 Å². The number of hydrogen-bond donors (Lipinski definition) is 2. The zero-order valence-electron chi connectivity index (χ0n) is 8.85. The number of unbranched alkanes of at least 4 members (excludes halogenated alkanes) is 3. The Balaban J connectivity index is 2.22. The molecule has 0 aromatic carbocycles. The summed E-state index contributed by atoms with van der Waals surface area (Å²) in [5, 5.41) is 9.26. The third-order valence-corrected chi connectivity index (χ3v) is 2.74. The number of nitrogens with zero attached hydrogens (tertiary/aromatic N) is 1. The van der Waals surface area contributed by atoms with Crippen LogP contribution in [0.4, 0.5) is 0 Å². The largest absolute Gasteiger partial charge is 0.351 e. The molecule has 0 spiro atoms. The molecule has 1 heterocycles. The molecule has 0 saturated carbocycles. The quantitative estimate of drug-likeness (QED) is 0.783. The Morgan fingerprint density at radius 3 is 2.93 bits per heavy atom. The molecule has 2 N–H and O–H groups in total. The lowest BCUT2D eigenvalue weighted by Gasteiger charge is -2.03. The molecular weight excluding hydrogens is 258 g/mol. The zero-order valence-corrected chi connectivity index (χ0v) is 10.4. The van der Waals surface area contributed by atoms with E-state index < -0.39 is 0 Å². The lowest BCUT2D eigenvalue weighted by Crippen LogP contribution is -2.25. The molecule has 0 aliphatic carbocycles. The van der Waals surface area contributed by atoms with Gasteiger partial charge in [0.15, 0.2) is 0 Å². The Kier molecular flexibility index (Phi) is 5.39. The van der Waals surface area contributed by atoms with Crippen LogP contribution < -0.4 is 5.32 Å². The Hall–Kier alpha value is -0.840. The minimum absolute atomic E-state index is 0.101. The monoisotopic (exact) mass is 273 g/mol. The van der Waals surface area contributed by atoms with Crippen LogP contribution in [0.15, 0.2) is 10.7 Å². The molecule has 0 unspecified atom stereocenters. The van der Waals surface area contributed by atoms with Gasteiger partial charge in [-0.25, -0.2) is 0 Å². The predicted octanol–water partition coefficient (Wildman–Crippen LogP) is 2.48. The zero-order chi connectivity index (χ0) is 11.1. The molecule has 0 atom stereocenters. The van der Waals surface area contributed by atoms with E-state index in [-0.39, 0.29) is 5.91 Å². The molecule has 1 amide bonds. The van der Waals surface area contributed by atoms with Crippen molar-refractivity contribution in [3.05, 3.63) is 16.4 Å². The molecule has 0 saturated heterocycles. The Morgan fingerprint density at radius 2 is 2.33 bits per heavy atom. The summed E-state index contributed by atoms with van der Waals surface area (Å²) in [5.74, 6) is -0.101. The van der Waals surface area contributed by atoms with Crippen LogP contribution in [-0.4, -0.2) is 22.6 Å². The van der Waals surface area contributed by atoms with E-state index in [1.807, 2.05) is 0 Å². The molecule has 15 heavy (non-hydrogen) atoms. The number of carbonyl (C=O) groups is 1. The highest BCUT2D eigenvalue weighted by atomic mass is 79.9. The maximum atomic E-state index is 11.5. The summed E-state index contributed by atoms with van der Waals surface area (Å²) in [6.07, 6.45) is 6.21. The summed E-state index contributed by atoms with van der Waals surface area (Å²) in [4.78, 5) is 11.5. The molecule has 0 fully saturated rings. The molecule has 0 radical (unpaired) electrons. The van der Waals surface area contributed by atoms with Crippen molar-refractivity contribution >= 4 is 21.8 Å². The van der Waals surface area contributed by atoms with Crippen LogP contribution in [0.25, 0.3) is 0 Å². The Morgan fingerprint density at radius 1 is 1.53 bits per heavy atom. The van der Waals surface area contributed by atoms with Crippen LogP contribution in [0, 0.1) is 0 Å². The van der Waals surface area contributed by atoms with Gasteiger partial charge >= 0.3 is 0 Å². The van der Waals surface area contributed by atoms with Crippen molar-refractivity contribution in [1.29, 1.82) is 0 Å². The minimum Gasteiger partial charge on any atom is -0.351 e. The second kappa shape index (κ2) is 6.61. The van der Waals surface area contributed by atoms with E-state index in [1.54, 1.807) is 6.20 Å². The smallest absolute Gasteiger partial charge is 0.270 e. The summed E-state index contributed by atoms with van der Waals surface area (Å²) < 4.78 is 0.702.